The van der Waals surface area contributed by atoms with E-state index in [4.69, 9.17) is 33.2 Å². The van der Waals surface area contributed by atoms with Gasteiger partial charge in [-0.05, 0) is 154 Å². The number of rotatable bonds is 25. The number of anilines is 3. The normalized spacial score (nSPS) is 21.9. The molecule has 2 unspecified atom stereocenters. The predicted molar refractivity (Wildman–Crippen MR) is 366 cm³/mol. The van der Waals surface area contributed by atoms with E-state index in [-0.39, 0.29) is 78.4 Å². The fraction of sp³-hybridized carbons (Fsp3) is 0.500. The van der Waals surface area contributed by atoms with Crippen LogP contribution < -0.4 is 71.4 Å². The highest BCUT2D eigenvalue weighted by atomic mass is 16.6. The number of nitrogens with zero attached hydrogens (tertiary/aromatic N) is 4. The quantitative estimate of drug-likeness (QED) is 0.0319. The summed E-state index contributed by atoms with van der Waals surface area (Å²) in [5.41, 5.74) is 13.1. The SMILES string of the molecule is COc1ccc(C2=CN3C(=O)c4cc(OC)c(OCCCOc5cc6c(cc5OC)C(=O)N5CC7(CC7)C[C@H]5C(O)N6C(=O)OCc5ccc(NC(=O)[C@H](C)NC(=O)[C@@H](NC(=O)CNC(=O)CNC(=O)OCC6[C@H]7CCC8=C(CC[C@@H]67)NNN8C(C)C)C(C)C)cc5)cc4NC[C@@H]3C2)cc1. The predicted octanol–water partition coefficient (Wildman–Crippen LogP) is 6.52. The first-order valence-corrected chi connectivity index (χ1v) is 34.4. The third-order valence-electron chi connectivity index (χ3n) is 20.3. The van der Waals surface area contributed by atoms with E-state index in [0.29, 0.717) is 84.2 Å². The number of fused-ring (bicyclic) bond motifs is 5. The van der Waals surface area contributed by atoms with E-state index in [1.807, 2.05) is 30.5 Å². The van der Waals surface area contributed by atoms with E-state index in [1.165, 1.54) is 44.7 Å². The van der Waals surface area contributed by atoms with Crippen LogP contribution in [0.15, 0.2) is 90.4 Å². The van der Waals surface area contributed by atoms with Gasteiger partial charge in [-0.2, -0.15) is 0 Å². The second-order valence-electron chi connectivity index (χ2n) is 27.6. The molecule has 4 aromatic carbocycles. The van der Waals surface area contributed by atoms with Crippen LogP contribution in [-0.2, 0) is 35.3 Å². The number of benzene rings is 4. The van der Waals surface area contributed by atoms with Crippen molar-refractivity contribution in [2.45, 2.75) is 135 Å². The number of hydrogen-bond donors (Lipinski definition) is 9. The van der Waals surface area contributed by atoms with Crippen LogP contribution in [-0.4, -0.2) is 171 Å². The van der Waals surface area contributed by atoms with E-state index in [2.05, 4.69) is 61.7 Å². The third-order valence-corrected chi connectivity index (χ3v) is 20.3. The molecular weight excluding hydrogens is 1290 g/mol. The van der Waals surface area contributed by atoms with Crippen molar-refractivity contribution in [2.75, 3.05) is 82.9 Å². The summed E-state index contributed by atoms with van der Waals surface area (Å²) in [5.74, 6) is -0.286. The summed E-state index contributed by atoms with van der Waals surface area (Å²) < 4.78 is 40.7. The van der Waals surface area contributed by atoms with Crippen molar-refractivity contribution < 1.29 is 76.6 Å². The number of methoxy groups -OCH3 is 3. The Labute approximate surface area is 580 Å². The molecule has 5 heterocycles. The zero-order chi connectivity index (χ0) is 70.7. The first-order chi connectivity index (χ1) is 48.1. The van der Waals surface area contributed by atoms with Crippen LogP contribution in [0.4, 0.5) is 26.7 Å². The molecule has 28 heteroatoms. The van der Waals surface area contributed by atoms with Crippen LogP contribution in [0, 0.1) is 29.1 Å². The fourth-order valence-electron chi connectivity index (χ4n) is 14.5. The standard InChI is InChI=1S/C72H90N12O16/c1-39(2)64(78-63(86)34-74-62(85)33-75-70(92)99-37-52-48-18-20-53-55(21-19-49(48)52)84(40(3)4)80-79-53)66(88)76-41(5)65(87)77-45-14-10-42(11-15-45)36-100-71(93)83-56-30-61(59(96-8)28-51(56)68(90)82-38-72(22-23-72)31-57(82)69(83)91)98-25-9-24-97-60-29-54-50(27-58(60)95-7)67(89)81-35-44(26-46(81)32-73-54)43-12-16-47(94-6)17-13-43/h10-17,27-30,35,39-41,46,48-49,52,57,64,69,73,79-80,91H,9,18-26,31-34,36-38H2,1-8H3,(H,74,85)(H,75,92)(H,76,88)(H,77,87)(H,78,86)/t41-,46-,48+,49-,52?,57-,64-,69?/m0/s1. The van der Waals surface area contributed by atoms with Crippen LogP contribution in [0.2, 0.25) is 0 Å². The Morgan fingerprint density at radius 2 is 1.43 bits per heavy atom. The van der Waals surface area contributed by atoms with E-state index in [1.54, 1.807) is 67.2 Å². The maximum atomic E-state index is 14.5. The minimum absolute atomic E-state index is 0.0657. The Balaban J connectivity index is 0.600. The van der Waals surface area contributed by atoms with Gasteiger partial charge in [0, 0.05) is 55.3 Å². The van der Waals surface area contributed by atoms with Gasteiger partial charge in [0.2, 0.25) is 23.6 Å². The second-order valence-corrected chi connectivity index (χ2v) is 27.6. The highest BCUT2D eigenvalue weighted by molar-refractivity contribution is 6.06. The lowest BCUT2D eigenvalue weighted by atomic mass is 10.0. The number of amides is 8. The Morgan fingerprint density at radius 3 is 2.11 bits per heavy atom. The topological polar surface area (TPSA) is 331 Å². The number of alkyl carbamates (subject to hydrolysis) is 1. The van der Waals surface area contributed by atoms with Gasteiger partial charge in [0.1, 0.15) is 31.0 Å². The van der Waals surface area contributed by atoms with Crippen molar-refractivity contribution in [2.24, 2.45) is 29.1 Å². The molecule has 2 saturated carbocycles. The van der Waals surface area contributed by atoms with Crippen molar-refractivity contribution in [1.29, 1.82) is 0 Å². The van der Waals surface area contributed by atoms with Crippen LogP contribution in [0.3, 0.4) is 0 Å². The molecule has 8 atom stereocenters. The molecule has 3 fully saturated rings. The van der Waals surface area contributed by atoms with E-state index in [0.717, 1.165) is 60.3 Å². The minimum Gasteiger partial charge on any atom is -0.497 e. The van der Waals surface area contributed by atoms with Crippen molar-refractivity contribution in [3.05, 3.63) is 113 Å². The molecule has 1 saturated heterocycles. The number of aliphatic hydroxyl groups excluding tert-OH is 1. The maximum absolute atomic E-state index is 14.5. The number of aliphatic hydroxyl groups is 1. The van der Waals surface area contributed by atoms with Crippen LogP contribution in [0.25, 0.3) is 5.57 Å². The highest BCUT2D eigenvalue weighted by Crippen LogP contribution is 2.57. The molecule has 3 aliphatic carbocycles. The van der Waals surface area contributed by atoms with Gasteiger partial charge < -0.3 is 85.4 Å². The molecule has 100 heavy (non-hydrogen) atoms. The lowest BCUT2D eigenvalue weighted by Crippen LogP contribution is -2.55. The smallest absolute Gasteiger partial charge is 0.416 e. The molecule has 8 amide bonds. The van der Waals surface area contributed by atoms with Gasteiger partial charge in [-0.25, -0.2) is 14.5 Å². The molecule has 4 aromatic rings. The van der Waals surface area contributed by atoms with Crippen molar-refractivity contribution in [3.8, 4) is 28.7 Å². The van der Waals surface area contributed by atoms with Crippen molar-refractivity contribution in [3.63, 3.8) is 0 Å². The largest absolute Gasteiger partial charge is 0.497 e. The molecule has 0 radical (unpaired) electrons. The highest BCUT2D eigenvalue weighted by Gasteiger charge is 2.58. The summed E-state index contributed by atoms with van der Waals surface area (Å²) in [4.78, 5) is 113. The molecule has 1 spiro atoms. The van der Waals surface area contributed by atoms with E-state index in [9.17, 15) is 43.5 Å². The number of nitrogens with one attached hydrogen (secondary N) is 8. The summed E-state index contributed by atoms with van der Waals surface area (Å²) in [6, 6.07) is 18.0. The average Bonchev–Trinajstić information content (AvgIpc) is 1.57. The maximum Gasteiger partial charge on any atom is 0.416 e. The van der Waals surface area contributed by atoms with Gasteiger partial charge in [0.25, 0.3) is 11.8 Å². The van der Waals surface area contributed by atoms with E-state index < -0.39 is 79.2 Å². The number of ether oxygens (including phenoxy) is 7. The zero-order valence-electron chi connectivity index (χ0n) is 57.7. The lowest BCUT2D eigenvalue weighted by Gasteiger charge is -2.31. The lowest BCUT2D eigenvalue weighted by molar-refractivity contribution is -0.132. The van der Waals surface area contributed by atoms with Crippen molar-refractivity contribution >= 4 is 70.3 Å². The summed E-state index contributed by atoms with van der Waals surface area (Å²) in [5, 5.41) is 30.7. The molecule has 0 bridgehead atoms. The first-order valence-electron chi connectivity index (χ1n) is 34.4. The molecular formula is C72H90N12O16. The Kier molecular flexibility index (Phi) is 20.9. The molecule has 9 N–H and O–H groups in total. The van der Waals surface area contributed by atoms with Crippen LogP contribution in [0.1, 0.15) is 124 Å². The summed E-state index contributed by atoms with van der Waals surface area (Å²) in [6.45, 7) is 9.49. The van der Waals surface area contributed by atoms with Gasteiger partial charge in [-0.1, -0.05) is 38.1 Å². The zero-order valence-corrected chi connectivity index (χ0v) is 57.7. The first kappa shape index (κ1) is 69.9. The van der Waals surface area contributed by atoms with Gasteiger partial charge >= 0.3 is 12.2 Å². The van der Waals surface area contributed by atoms with Crippen molar-refractivity contribution in [1.82, 2.24) is 47.0 Å². The molecule has 534 valence electrons. The molecule has 5 aliphatic heterocycles. The van der Waals surface area contributed by atoms with Gasteiger partial charge in [-0.15, -0.1) is 5.53 Å². The second kappa shape index (κ2) is 29.9. The Bertz CT molecular complexity index is 3860. The number of carbonyl (C=O) groups excluding carboxylic acids is 8. The number of hydrazine groups is 2. The Morgan fingerprint density at radius 1 is 0.740 bits per heavy atom. The average molecular weight is 1380 g/mol. The monoisotopic (exact) mass is 1380 g/mol. The molecule has 12 rings (SSSR count). The Hall–Kier alpha value is -9.96. The molecule has 0 aromatic heterocycles. The van der Waals surface area contributed by atoms with Gasteiger partial charge in [0.15, 0.2) is 29.2 Å². The number of carbonyl (C=O) groups is 8. The number of hydrogen-bond acceptors (Lipinski definition) is 20. The molecule has 28 nitrogen and oxygen atoms in total. The minimum atomic E-state index is -1.49. The van der Waals surface area contributed by atoms with E-state index >= 15 is 0 Å². The fourth-order valence-corrected chi connectivity index (χ4v) is 14.5. The van der Waals surface area contributed by atoms with Crippen LogP contribution in [0.5, 0.6) is 28.7 Å². The third kappa shape index (κ3) is 15.3. The summed E-state index contributed by atoms with van der Waals surface area (Å²) in [6.07, 6.45) is 5.91. The van der Waals surface area contributed by atoms with Gasteiger partial charge in [-0.3, -0.25) is 33.8 Å². The summed E-state index contributed by atoms with van der Waals surface area (Å²) >= 11 is 0. The molecule has 8 aliphatic rings. The summed E-state index contributed by atoms with van der Waals surface area (Å²) in [7, 11) is 4.58. The number of allylic oxidation sites excluding steroid dienone is 2. The van der Waals surface area contributed by atoms with Gasteiger partial charge in [0.05, 0.1) is 88.0 Å². The van der Waals surface area contributed by atoms with Crippen LogP contribution >= 0.6 is 0 Å².